The molecular formula is C14H13N3O2S. The zero-order chi connectivity index (χ0) is 14.3. The molecule has 0 aliphatic rings. The van der Waals surface area contributed by atoms with E-state index in [1.165, 1.54) is 22.2 Å². The van der Waals surface area contributed by atoms with Gasteiger partial charge in [0.1, 0.15) is 5.56 Å². The van der Waals surface area contributed by atoms with Gasteiger partial charge in [0.05, 0.1) is 15.7 Å². The molecule has 0 radical (unpaired) electrons. The molecule has 102 valence electrons. The van der Waals surface area contributed by atoms with Crippen LogP contribution in [-0.2, 0) is 6.54 Å². The summed E-state index contributed by atoms with van der Waals surface area (Å²) in [7, 11) is 0. The molecule has 0 saturated carbocycles. The molecule has 0 spiro atoms. The molecule has 3 aromatic rings. The Labute approximate surface area is 118 Å². The lowest BCUT2D eigenvalue weighted by Gasteiger charge is -2.03. The normalized spacial score (nSPS) is 11.1. The Bertz CT molecular complexity index is 857. The van der Waals surface area contributed by atoms with Crippen molar-refractivity contribution in [1.29, 1.82) is 0 Å². The number of aryl methyl sites for hydroxylation is 2. The minimum atomic E-state index is -0.282. The van der Waals surface area contributed by atoms with Gasteiger partial charge in [0.25, 0.3) is 5.56 Å². The summed E-state index contributed by atoms with van der Waals surface area (Å²) in [6.07, 6.45) is 1.47. The second-order valence-corrected chi connectivity index (χ2v) is 5.39. The molecule has 0 unspecified atom stereocenters. The summed E-state index contributed by atoms with van der Waals surface area (Å²) in [5, 5.41) is 2.80. The van der Waals surface area contributed by atoms with Gasteiger partial charge in [0, 0.05) is 18.3 Å². The lowest BCUT2D eigenvalue weighted by Crippen LogP contribution is -2.21. The van der Waals surface area contributed by atoms with E-state index in [2.05, 4.69) is 10.1 Å². The van der Waals surface area contributed by atoms with E-state index in [1.54, 1.807) is 11.6 Å². The highest BCUT2D eigenvalue weighted by molar-refractivity contribution is 7.16. The van der Waals surface area contributed by atoms with Crippen molar-refractivity contribution in [2.24, 2.45) is 0 Å². The van der Waals surface area contributed by atoms with Gasteiger partial charge in [-0.25, -0.2) is 4.98 Å². The number of fused-ring (bicyclic) bond motifs is 1. The number of hydrogen-bond donors (Lipinski definition) is 1. The molecule has 20 heavy (non-hydrogen) atoms. The fourth-order valence-electron chi connectivity index (χ4n) is 2.26. The summed E-state index contributed by atoms with van der Waals surface area (Å²) >= 11 is 1.53. The smallest absolute Gasteiger partial charge is 0.277 e. The van der Waals surface area contributed by atoms with Gasteiger partial charge in [-0.05, 0) is 31.5 Å². The van der Waals surface area contributed by atoms with E-state index in [0.29, 0.717) is 12.1 Å². The maximum atomic E-state index is 12.5. The van der Waals surface area contributed by atoms with Crippen LogP contribution in [0.3, 0.4) is 0 Å². The van der Waals surface area contributed by atoms with E-state index in [1.807, 2.05) is 19.9 Å². The van der Waals surface area contributed by atoms with Crippen molar-refractivity contribution < 1.29 is 4.79 Å². The van der Waals surface area contributed by atoms with Gasteiger partial charge in [0.15, 0.2) is 0 Å². The van der Waals surface area contributed by atoms with Gasteiger partial charge >= 0.3 is 0 Å². The summed E-state index contributed by atoms with van der Waals surface area (Å²) in [6.45, 7) is 4.22. The monoisotopic (exact) mass is 287 g/mol. The van der Waals surface area contributed by atoms with E-state index < -0.39 is 0 Å². The molecule has 6 heteroatoms. The number of thiazole rings is 1. The first-order valence-corrected chi connectivity index (χ1v) is 7.17. The van der Waals surface area contributed by atoms with Crippen molar-refractivity contribution in [1.82, 2.24) is 14.8 Å². The highest BCUT2D eigenvalue weighted by Crippen LogP contribution is 2.24. The third-order valence-corrected chi connectivity index (χ3v) is 4.20. The quantitative estimate of drug-likeness (QED) is 0.752. The largest absolute Gasteiger partial charge is 0.302 e. The van der Waals surface area contributed by atoms with Gasteiger partial charge in [-0.3, -0.25) is 14.3 Å². The molecule has 1 N–H and O–H groups in total. The fraction of sp³-hybridized carbons (Fsp3) is 0.214. The number of benzene rings is 1. The van der Waals surface area contributed by atoms with Crippen LogP contribution >= 0.6 is 11.3 Å². The van der Waals surface area contributed by atoms with Gasteiger partial charge in [0.2, 0.25) is 5.78 Å². The first-order chi connectivity index (χ1) is 9.63. The van der Waals surface area contributed by atoms with Crippen molar-refractivity contribution in [3.05, 3.63) is 50.9 Å². The summed E-state index contributed by atoms with van der Waals surface area (Å²) < 4.78 is 2.45. The summed E-state index contributed by atoms with van der Waals surface area (Å²) in [4.78, 5) is 28.8. The molecule has 1 aromatic carbocycles. The second kappa shape index (κ2) is 4.72. The number of rotatable bonds is 3. The third kappa shape index (κ3) is 1.80. The number of ketones is 1. The number of carbonyl (C=O) groups is 1. The van der Waals surface area contributed by atoms with Crippen LogP contribution in [-0.4, -0.2) is 20.5 Å². The number of hydrogen-bond acceptors (Lipinski definition) is 4. The summed E-state index contributed by atoms with van der Waals surface area (Å²) in [6, 6.07) is 3.64. The number of carbonyl (C=O) groups excluding carboxylic acids is 1. The molecule has 0 atom stereocenters. The topological polar surface area (TPSA) is 67.8 Å². The van der Waals surface area contributed by atoms with Gasteiger partial charge in [-0.1, -0.05) is 0 Å². The van der Waals surface area contributed by atoms with E-state index in [9.17, 15) is 9.59 Å². The molecule has 0 fully saturated rings. The van der Waals surface area contributed by atoms with Crippen LogP contribution in [0.1, 0.15) is 28.4 Å². The number of H-pyrrole nitrogens is 1. The Morgan fingerprint density at radius 3 is 2.90 bits per heavy atom. The minimum absolute atomic E-state index is 0.171. The average molecular weight is 287 g/mol. The molecule has 2 heterocycles. The van der Waals surface area contributed by atoms with Crippen LogP contribution in [0.2, 0.25) is 0 Å². The van der Waals surface area contributed by atoms with Crippen LogP contribution in [0.4, 0.5) is 0 Å². The Hall–Kier alpha value is -2.21. The van der Waals surface area contributed by atoms with E-state index in [-0.39, 0.29) is 16.9 Å². The molecule has 0 bridgehead atoms. The minimum Gasteiger partial charge on any atom is -0.302 e. The SMILES string of the molecule is CCn1[nH]cc(C(=O)c2ccc3scnc3c2C)c1=O. The average Bonchev–Trinajstić information content (AvgIpc) is 3.05. The molecule has 2 aromatic heterocycles. The molecule has 0 amide bonds. The van der Waals surface area contributed by atoms with Gasteiger partial charge in [-0.2, -0.15) is 0 Å². The maximum Gasteiger partial charge on any atom is 0.277 e. The molecular weight excluding hydrogens is 274 g/mol. The van der Waals surface area contributed by atoms with Crippen molar-refractivity contribution in [2.45, 2.75) is 20.4 Å². The van der Waals surface area contributed by atoms with Crippen LogP contribution in [0.15, 0.2) is 28.6 Å². The predicted molar refractivity (Wildman–Crippen MR) is 78.5 cm³/mol. The van der Waals surface area contributed by atoms with Crippen LogP contribution in [0.5, 0.6) is 0 Å². The molecule has 5 nitrogen and oxygen atoms in total. The van der Waals surface area contributed by atoms with Crippen molar-refractivity contribution in [2.75, 3.05) is 0 Å². The zero-order valence-corrected chi connectivity index (χ0v) is 12.0. The van der Waals surface area contributed by atoms with Crippen LogP contribution < -0.4 is 5.56 Å². The number of aromatic nitrogens is 3. The van der Waals surface area contributed by atoms with Crippen molar-refractivity contribution in [3.8, 4) is 0 Å². The van der Waals surface area contributed by atoms with E-state index in [0.717, 1.165) is 15.8 Å². The summed E-state index contributed by atoms with van der Waals surface area (Å²) in [5.41, 5.74) is 3.82. The Morgan fingerprint density at radius 1 is 1.40 bits per heavy atom. The van der Waals surface area contributed by atoms with E-state index >= 15 is 0 Å². The van der Waals surface area contributed by atoms with Crippen LogP contribution in [0, 0.1) is 6.92 Å². The van der Waals surface area contributed by atoms with Gasteiger partial charge < -0.3 is 5.10 Å². The van der Waals surface area contributed by atoms with Gasteiger partial charge in [-0.15, -0.1) is 11.3 Å². The second-order valence-electron chi connectivity index (χ2n) is 4.50. The first kappa shape index (κ1) is 12.8. The number of aromatic amines is 1. The lowest BCUT2D eigenvalue weighted by atomic mass is 10.0. The Morgan fingerprint density at radius 2 is 2.20 bits per heavy atom. The molecule has 3 rings (SSSR count). The van der Waals surface area contributed by atoms with Crippen LogP contribution in [0.25, 0.3) is 10.2 Å². The van der Waals surface area contributed by atoms with Crippen molar-refractivity contribution >= 4 is 27.3 Å². The lowest BCUT2D eigenvalue weighted by molar-refractivity contribution is 0.103. The zero-order valence-electron chi connectivity index (χ0n) is 11.1. The molecule has 0 aliphatic carbocycles. The Balaban J connectivity index is 2.14. The molecule has 0 aliphatic heterocycles. The maximum absolute atomic E-state index is 12.5. The standard InChI is InChI=1S/C14H13N3O2S/c1-3-17-14(19)10(6-16-17)13(18)9-4-5-11-12(8(9)2)15-7-20-11/h4-7,16H,3H2,1-2H3. The highest BCUT2D eigenvalue weighted by atomic mass is 32.1. The van der Waals surface area contributed by atoms with Crippen molar-refractivity contribution in [3.63, 3.8) is 0 Å². The predicted octanol–water partition coefficient (Wildman–Crippen LogP) is 2.35. The Kier molecular flexibility index (Phi) is 3.02. The number of nitrogens with zero attached hydrogens (tertiary/aromatic N) is 2. The highest BCUT2D eigenvalue weighted by Gasteiger charge is 2.19. The first-order valence-electron chi connectivity index (χ1n) is 6.29. The fourth-order valence-corrected chi connectivity index (χ4v) is 3.00. The molecule has 0 saturated heterocycles. The third-order valence-electron chi connectivity index (χ3n) is 3.40. The van der Waals surface area contributed by atoms with E-state index in [4.69, 9.17) is 0 Å². The summed E-state index contributed by atoms with van der Waals surface area (Å²) in [5.74, 6) is -0.258. The number of nitrogens with one attached hydrogen (secondary N) is 1.